The molecule has 1 aromatic carbocycles. The van der Waals surface area contributed by atoms with Gasteiger partial charge in [0.1, 0.15) is 11.4 Å². The molecule has 4 aromatic rings. The number of carbonyl (C=O) groups is 1. The Bertz CT molecular complexity index is 1240. The first kappa shape index (κ1) is 21.1. The zero-order valence-corrected chi connectivity index (χ0v) is 18.5. The molecule has 0 fully saturated rings. The van der Waals surface area contributed by atoms with Crippen molar-refractivity contribution in [1.82, 2.24) is 19.9 Å². The molecule has 0 unspecified atom stereocenters. The third-order valence-electron chi connectivity index (χ3n) is 6.12. The number of aromatic amines is 1. The lowest BCUT2D eigenvalue weighted by molar-refractivity contribution is 0.0972. The summed E-state index contributed by atoms with van der Waals surface area (Å²) in [7, 11) is 0. The molecule has 3 aromatic heterocycles. The summed E-state index contributed by atoms with van der Waals surface area (Å²) in [4.78, 5) is 28.9. The molecule has 33 heavy (non-hydrogen) atoms. The minimum absolute atomic E-state index is 0.236. The third kappa shape index (κ3) is 4.70. The number of carbonyl (C=O) groups excluding carboxylic acids is 1. The van der Waals surface area contributed by atoms with Gasteiger partial charge in [-0.1, -0.05) is 12.1 Å². The molecular weight excluding hydrogens is 412 g/mol. The van der Waals surface area contributed by atoms with Gasteiger partial charge in [-0.25, -0.2) is 4.98 Å². The maximum atomic E-state index is 12.5. The van der Waals surface area contributed by atoms with Crippen molar-refractivity contribution in [3.8, 4) is 17.3 Å². The number of nitrogens with zero attached hydrogens (tertiary/aromatic N) is 3. The van der Waals surface area contributed by atoms with Crippen LogP contribution in [0.25, 0.3) is 11.5 Å². The summed E-state index contributed by atoms with van der Waals surface area (Å²) >= 11 is 0. The van der Waals surface area contributed by atoms with Gasteiger partial charge in [-0.05, 0) is 72.7 Å². The number of aromatic nitrogens is 4. The van der Waals surface area contributed by atoms with Gasteiger partial charge in [0.15, 0.2) is 11.6 Å². The van der Waals surface area contributed by atoms with Crippen molar-refractivity contribution >= 4 is 5.78 Å². The van der Waals surface area contributed by atoms with Crippen molar-refractivity contribution < 1.29 is 9.53 Å². The fraction of sp³-hybridized carbons (Fsp3) is 0.259. The Morgan fingerprint density at radius 1 is 0.879 bits per heavy atom. The van der Waals surface area contributed by atoms with Crippen LogP contribution in [-0.4, -0.2) is 32.3 Å². The third-order valence-corrected chi connectivity index (χ3v) is 6.12. The molecule has 0 bridgehead atoms. The maximum absolute atomic E-state index is 12.5. The predicted molar refractivity (Wildman–Crippen MR) is 126 cm³/mol. The first-order valence-corrected chi connectivity index (χ1v) is 11.4. The zero-order chi connectivity index (χ0) is 22.5. The van der Waals surface area contributed by atoms with Crippen LogP contribution in [0.15, 0.2) is 67.3 Å². The number of H-pyrrole nitrogens is 1. The summed E-state index contributed by atoms with van der Waals surface area (Å²) in [6.45, 7) is 0.517. The molecule has 0 saturated carbocycles. The van der Waals surface area contributed by atoms with Crippen LogP contribution in [0.2, 0.25) is 0 Å². The Morgan fingerprint density at radius 2 is 1.82 bits per heavy atom. The van der Waals surface area contributed by atoms with E-state index in [1.165, 1.54) is 0 Å². The number of nitrogens with one attached hydrogen (secondary N) is 1. The molecule has 1 aliphatic rings. The summed E-state index contributed by atoms with van der Waals surface area (Å²) < 4.78 is 6.31. The maximum Gasteiger partial charge on any atom is 0.163 e. The van der Waals surface area contributed by atoms with Crippen LogP contribution in [-0.2, 0) is 25.7 Å². The van der Waals surface area contributed by atoms with E-state index in [9.17, 15) is 4.79 Å². The summed E-state index contributed by atoms with van der Waals surface area (Å²) in [5, 5.41) is 0. The molecule has 166 valence electrons. The van der Waals surface area contributed by atoms with Crippen molar-refractivity contribution in [3.05, 3.63) is 95.2 Å². The highest BCUT2D eigenvalue weighted by molar-refractivity contribution is 5.99. The number of imidazole rings is 1. The molecule has 0 aliphatic heterocycles. The number of pyridine rings is 2. The van der Waals surface area contributed by atoms with E-state index in [1.807, 2.05) is 42.6 Å². The molecule has 0 spiro atoms. The highest BCUT2D eigenvalue weighted by Gasteiger charge is 2.22. The fourth-order valence-corrected chi connectivity index (χ4v) is 4.51. The number of hydrogen-bond donors (Lipinski definition) is 1. The van der Waals surface area contributed by atoms with E-state index in [0.29, 0.717) is 19.4 Å². The second-order valence-corrected chi connectivity index (χ2v) is 8.21. The highest BCUT2D eigenvalue weighted by atomic mass is 16.5. The summed E-state index contributed by atoms with van der Waals surface area (Å²) in [5.41, 5.74) is 6.12. The number of benzene rings is 1. The van der Waals surface area contributed by atoms with E-state index in [-0.39, 0.29) is 5.78 Å². The zero-order valence-electron chi connectivity index (χ0n) is 18.5. The van der Waals surface area contributed by atoms with Crippen LogP contribution < -0.4 is 4.74 Å². The molecule has 0 amide bonds. The Hall–Kier alpha value is -3.80. The van der Waals surface area contributed by atoms with Gasteiger partial charge in [0.2, 0.25) is 0 Å². The average Bonchev–Trinajstić information content (AvgIpc) is 3.39. The lowest BCUT2D eigenvalue weighted by Crippen LogP contribution is -2.15. The Kier molecular flexibility index (Phi) is 6.24. The van der Waals surface area contributed by atoms with E-state index >= 15 is 0 Å². The minimum atomic E-state index is 0.236. The summed E-state index contributed by atoms with van der Waals surface area (Å²) in [5.74, 6) is 1.86. The number of rotatable bonds is 8. The first-order valence-electron chi connectivity index (χ1n) is 11.4. The standard InChI is InChI=1S/C27H26N4O2/c32-24-8-3-7-21-22(24)11-12-25(23(21)10-9-20-6-1-2-14-28-20)33-18-13-19-5-4-15-29-26(19)27-30-16-17-31-27/h1-2,4-6,11-12,14-17H,3,7-10,13,18H2,(H,30,31). The van der Waals surface area contributed by atoms with E-state index in [2.05, 4.69) is 26.0 Å². The SMILES string of the molecule is O=C1CCCc2c1ccc(OCCc1cccnc1-c1ncc[nH]1)c2CCc1ccccn1. The van der Waals surface area contributed by atoms with Gasteiger partial charge in [-0.15, -0.1) is 0 Å². The van der Waals surface area contributed by atoms with Gasteiger partial charge in [0, 0.05) is 48.9 Å². The number of hydrogen-bond acceptors (Lipinski definition) is 5. The Balaban J connectivity index is 1.36. The number of ketones is 1. The van der Waals surface area contributed by atoms with Gasteiger partial charge < -0.3 is 9.72 Å². The molecule has 1 N–H and O–H groups in total. The topological polar surface area (TPSA) is 80.8 Å². The van der Waals surface area contributed by atoms with Gasteiger partial charge in [-0.2, -0.15) is 0 Å². The smallest absolute Gasteiger partial charge is 0.163 e. The van der Waals surface area contributed by atoms with Crippen molar-refractivity contribution in [2.75, 3.05) is 6.61 Å². The minimum Gasteiger partial charge on any atom is -0.493 e. The molecule has 0 saturated heterocycles. The van der Waals surface area contributed by atoms with E-state index in [1.54, 1.807) is 18.6 Å². The molecule has 0 atom stereocenters. The number of fused-ring (bicyclic) bond motifs is 1. The lowest BCUT2D eigenvalue weighted by Gasteiger charge is -2.22. The quantitative estimate of drug-likeness (QED) is 0.428. The van der Waals surface area contributed by atoms with Gasteiger partial charge in [0.05, 0.1) is 6.61 Å². The Morgan fingerprint density at radius 3 is 2.67 bits per heavy atom. The van der Waals surface area contributed by atoms with Gasteiger partial charge in [0.25, 0.3) is 0 Å². The highest BCUT2D eigenvalue weighted by Crippen LogP contribution is 2.32. The van der Waals surface area contributed by atoms with E-state index in [4.69, 9.17) is 4.74 Å². The Labute approximate surface area is 193 Å². The van der Waals surface area contributed by atoms with E-state index in [0.717, 1.165) is 70.9 Å². The molecular formula is C27H26N4O2. The van der Waals surface area contributed by atoms with Crippen molar-refractivity contribution in [3.63, 3.8) is 0 Å². The molecule has 3 heterocycles. The van der Waals surface area contributed by atoms with Gasteiger partial charge in [-0.3, -0.25) is 14.8 Å². The van der Waals surface area contributed by atoms with Crippen LogP contribution in [0, 0.1) is 0 Å². The van der Waals surface area contributed by atoms with Crippen molar-refractivity contribution in [2.45, 2.75) is 38.5 Å². The van der Waals surface area contributed by atoms with Crippen LogP contribution in [0.3, 0.4) is 0 Å². The second-order valence-electron chi connectivity index (χ2n) is 8.21. The van der Waals surface area contributed by atoms with Crippen LogP contribution in [0.4, 0.5) is 0 Å². The molecule has 6 nitrogen and oxygen atoms in total. The van der Waals surface area contributed by atoms with Crippen molar-refractivity contribution in [1.29, 1.82) is 0 Å². The summed E-state index contributed by atoms with van der Waals surface area (Å²) in [6.07, 6.45) is 11.9. The van der Waals surface area contributed by atoms with E-state index < -0.39 is 0 Å². The van der Waals surface area contributed by atoms with Crippen LogP contribution >= 0.6 is 0 Å². The molecule has 0 radical (unpaired) electrons. The molecule has 6 heteroatoms. The average molecular weight is 439 g/mol. The first-order chi connectivity index (χ1) is 16.3. The monoisotopic (exact) mass is 438 g/mol. The largest absolute Gasteiger partial charge is 0.493 e. The van der Waals surface area contributed by atoms with Crippen molar-refractivity contribution in [2.24, 2.45) is 0 Å². The normalized spacial score (nSPS) is 13.0. The second kappa shape index (κ2) is 9.77. The number of Topliss-reactive ketones (excluding diaryl/α,β-unsaturated/α-hetero) is 1. The summed E-state index contributed by atoms with van der Waals surface area (Å²) in [6, 6.07) is 13.9. The van der Waals surface area contributed by atoms with Crippen LogP contribution in [0.1, 0.15) is 45.6 Å². The molecule has 1 aliphatic carbocycles. The van der Waals surface area contributed by atoms with Crippen LogP contribution in [0.5, 0.6) is 5.75 Å². The molecule has 5 rings (SSSR count). The fourth-order valence-electron chi connectivity index (χ4n) is 4.51. The van der Waals surface area contributed by atoms with Gasteiger partial charge >= 0.3 is 0 Å². The lowest BCUT2D eigenvalue weighted by atomic mass is 9.85. The predicted octanol–water partition coefficient (Wildman–Crippen LogP) is 4.79. The number of aryl methyl sites for hydroxylation is 1. The number of ether oxygens (including phenoxy) is 1.